The van der Waals surface area contributed by atoms with Crippen molar-refractivity contribution in [2.24, 2.45) is 0 Å². The van der Waals surface area contributed by atoms with Gasteiger partial charge in [-0.05, 0) is 42.5 Å². The van der Waals surface area contributed by atoms with Gasteiger partial charge in [0.05, 0.1) is 12.0 Å². The predicted octanol–water partition coefficient (Wildman–Crippen LogP) is 3.22. The number of nitrogens with one attached hydrogen (secondary N) is 2. The molecule has 126 valence electrons. The van der Waals surface area contributed by atoms with E-state index in [0.29, 0.717) is 5.69 Å². The molecule has 0 atom stereocenters. The molecule has 0 bridgehead atoms. The summed E-state index contributed by atoms with van der Waals surface area (Å²) in [6, 6.07) is 11.0. The predicted molar refractivity (Wildman–Crippen MR) is 92.2 cm³/mol. The van der Waals surface area contributed by atoms with Gasteiger partial charge in [0.25, 0.3) is 5.91 Å². The largest absolute Gasteiger partial charge is 0.324 e. The van der Waals surface area contributed by atoms with Gasteiger partial charge in [0.1, 0.15) is 5.82 Å². The fourth-order valence-corrected chi connectivity index (χ4v) is 2.28. The second-order valence-corrected chi connectivity index (χ2v) is 5.35. The molecule has 0 aliphatic rings. The lowest BCUT2D eigenvalue weighted by molar-refractivity contribution is -0.114. The van der Waals surface area contributed by atoms with E-state index in [0.717, 1.165) is 11.8 Å². The quantitative estimate of drug-likeness (QED) is 0.767. The van der Waals surface area contributed by atoms with E-state index in [1.54, 1.807) is 24.7 Å². The summed E-state index contributed by atoms with van der Waals surface area (Å²) in [5.41, 5.74) is 1.71. The second kappa shape index (κ2) is 6.96. The van der Waals surface area contributed by atoms with Gasteiger partial charge in [0, 0.05) is 36.3 Å². The van der Waals surface area contributed by atoms with Crippen LogP contribution in [0.3, 0.4) is 0 Å². The minimum atomic E-state index is -0.601. The van der Waals surface area contributed by atoms with Gasteiger partial charge >= 0.3 is 0 Å². The molecule has 0 aliphatic heterocycles. The number of hydrogen-bond acceptors (Lipinski definition) is 3. The molecular weight excluding hydrogens is 323 g/mol. The molecule has 3 rings (SSSR count). The van der Waals surface area contributed by atoms with Gasteiger partial charge in [0.15, 0.2) is 0 Å². The molecule has 2 aromatic carbocycles. The van der Waals surface area contributed by atoms with Crippen LogP contribution in [0, 0.1) is 5.82 Å². The SMILES string of the molecule is CC(=O)Nc1cc(C(=O)Nc2ccc(-n3ccnc3)cc2)ccc1F. The molecular formula is C18H15FN4O2. The molecule has 0 radical (unpaired) electrons. The minimum Gasteiger partial charge on any atom is -0.324 e. The summed E-state index contributed by atoms with van der Waals surface area (Å²) in [6.45, 7) is 1.27. The van der Waals surface area contributed by atoms with Crippen LogP contribution in [-0.4, -0.2) is 21.4 Å². The van der Waals surface area contributed by atoms with Crippen LogP contribution in [0.4, 0.5) is 15.8 Å². The molecule has 1 heterocycles. The fourth-order valence-electron chi connectivity index (χ4n) is 2.28. The molecule has 7 heteroatoms. The Morgan fingerprint density at radius 1 is 1.08 bits per heavy atom. The first-order valence-electron chi connectivity index (χ1n) is 7.50. The molecule has 0 saturated carbocycles. The fraction of sp³-hybridized carbons (Fsp3) is 0.0556. The molecule has 25 heavy (non-hydrogen) atoms. The van der Waals surface area contributed by atoms with Gasteiger partial charge in [-0.1, -0.05) is 0 Å². The summed E-state index contributed by atoms with van der Waals surface area (Å²) in [4.78, 5) is 27.4. The summed E-state index contributed by atoms with van der Waals surface area (Å²) in [5.74, 6) is -1.41. The molecule has 0 spiro atoms. The maximum Gasteiger partial charge on any atom is 0.255 e. The number of nitrogens with zero attached hydrogens (tertiary/aromatic N) is 2. The number of aromatic nitrogens is 2. The van der Waals surface area contributed by atoms with Crippen LogP contribution in [-0.2, 0) is 4.79 Å². The lowest BCUT2D eigenvalue weighted by Crippen LogP contribution is -2.14. The number of anilines is 2. The Balaban J connectivity index is 1.75. The van der Waals surface area contributed by atoms with Crippen molar-refractivity contribution in [2.45, 2.75) is 6.92 Å². The van der Waals surface area contributed by atoms with Gasteiger partial charge < -0.3 is 15.2 Å². The Labute approximate surface area is 143 Å². The smallest absolute Gasteiger partial charge is 0.255 e. The molecule has 2 amide bonds. The Bertz CT molecular complexity index is 905. The topological polar surface area (TPSA) is 76.0 Å². The van der Waals surface area contributed by atoms with Crippen LogP contribution in [0.15, 0.2) is 61.2 Å². The number of carbonyl (C=O) groups excluding carboxylic acids is 2. The highest BCUT2D eigenvalue weighted by molar-refractivity contribution is 6.05. The van der Waals surface area contributed by atoms with Crippen molar-refractivity contribution in [3.63, 3.8) is 0 Å². The zero-order valence-electron chi connectivity index (χ0n) is 13.4. The van der Waals surface area contributed by atoms with E-state index in [1.807, 2.05) is 22.9 Å². The molecule has 0 fully saturated rings. The molecule has 0 unspecified atom stereocenters. The molecule has 2 N–H and O–H groups in total. The van der Waals surface area contributed by atoms with Gasteiger partial charge in [-0.15, -0.1) is 0 Å². The van der Waals surface area contributed by atoms with Crippen LogP contribution < -0.4 is 10.6 Å². The van der Waals surface area contributed by atoms with Crippen molar-refractivity contribution >= 4 is 23.2 Å². The van der Waals surface area contributed by atoms with Gasteiger partial charge in [0.2, 0.25) is 5.91 Å². The lowest BCUT2D eigenvalue weighted by Gasteiger charge is -2.09. The van der Waals surface area contributed by atoms with Gasteiger partial charge in [-0.25, -0.2) is 9.37 Å². The second-order valence-electron chi connectivity index (χ2n) is 5.35. The molecule has 0 saturated heterocycles. The normalized spacial score (nSPS) is 10.3. The molecule has 3 aromatic rings. The number of benzene rings is 2. The standard InChI is InChI=1S/C18H15FN4O2/c1-12(24)21-17-10-13(2-7-16(17)19)18(25)22-14-3-5-15(6-4-14)23-9-8-20-11-23/h2-11H,1H3,(H,21,24)(H,22,25). The Morgan fingerprint density at radius 2 is 1.84 bits per heavy atom. The monoisotopic (exact) mass is 338 g/mol. The number of halogens is 1. The van der Waals surface area contributed by atoms with E-state index < -0.39 is 17.6 Å². The third-order valence-electron chi connectivity index (χ3n) is 3.47. The van der Waals surface area contributed by atoms with E-state index in [-0.39, 0.29) is 11.3 Å². The molecule has 0 aliphatic carbocycles. The third kappa shape index (κ3) is 3.89. The maximum atomic E-state index is 13.6. The van der Waals surface area contributed by atoms with Crippen molar-refractivity contribution in [1.29, 1.82) is 0 Å². The van der Waals surface area contributed by atoms with Crippen LogP contribution in [0.5, 0.6) is 0 Å². The van der Waals surface area contributed by atoms with E-state index in [9.17, 15) is 14.0 Å². The zero-order chi connectivity index (χ0) is 17.8. The Morgan fingerprint density at radius 3 is 2.48 bits per heavy atom. The van der Waals surface area contributed by atoms with Crippen molar-refractivity contribution in [3.05, 3.63) is 72.6 Å². The first-order chi connectivity index (χ1) is 12.0. The van der Waals surface area contributed by atoms with Crippen molar-refractivity contribution in [3.8, 4) is 5.69 Å². The highest BCUT2D eigenvalue weighted by atomic mass is 19.1. The van der Waals surface area contributed by atoms with Gasteiger partial charge in [-0.2, -0.15) is 0 Å². The van der Waals surface area contributed by atoms with Crippen LogP contribution in [0.1, 0.15) is 17.3 Å². The first-order valence-corrected chi connectivity index (χ1v) is 7.50. The lowest BCUT2D eigenvalue weighted by atomic mass is 10.1. The van der Waals surface area contributed by atoms with Crippen LogP contribution >= 0.6 is 0 Å². The molecule has 6 nitrogen and oxygen atoms in total. The minimum absolute atomic E-state index is 0.0318. The highest BCUT2D eigenvalue weighted by Gasteiger charge is 2.11. The van der Waals surface area contributed by atoms with Crippen molar-refractivity contribution < 1.29 is 14.0 Å². The third-order valence-corrected chi connectivity index (χ3v) is 3.47. The number of carbonyl (C=O) groups is 2. The maximum absolute atomic E-state index is 13.6. The van der Waals surface area contributed by atoms with E-state index in [2.05, 4.69) is 15.6 Å². The number of imidazole rings is 1. The summed E-state index contributed by atoms with van der Waals surface area (Å²) < 4.78 is 15.5. The molecule has 1 aromatic heterocycles. The Kier molecular flexibility index (Phi) is 4.56. The summed E-state index contributed by atoms with van der Waals surface area (Å²) in [6.07, 6.45) is 5.17. The number of hydrogen-bond donors (Lipinski definition) is 2. The number of amides is 2. The van der Waals surface area contributed by atoms with E-state index >= 15 is 0 Å². The van der Waals surface area contributed by atoms with E-state index in [4.69, 9.17) is 0 Å². The first kappa shape index (κ1) is 16.4. The van der Waals surface area contributed by atoms with Crippen molar-refractivity contribution in [1.82, 2.24) is 9.55 Å². The summed E-state index contributed by atoms with van der Waals surface area (Å²) in [5, 5.41) is 5.08. The summed E-state index contributed by atoms with van der Waals surface area (Å²) in [7, 11) is 0. The zero-order valence-corrected chi connectivity index (χ0v) is 13.4. The van der Waals surface area contributed by atoms with Crippen LogP contribution in [0.2, 0.25) is 0 Å². The number of rotatable bonds is 4. The Hall–Kier alpha value is -3.48. The average Bonchev–Trinajstić information content (AvgIpc) is 3.11. The summed E-state index contributed by atoms with van der Waals surface area (Å²) >= 11 is 0. The van der Waals surface area contributed by atoms with E-state index in [1.165, 1.54) is 19.1 Å². The van der Waals surface area contributed by atoms with Crippen molar-refractivity contribution in [2.75, 3.05) is 10.6 Å². The highest BCUT2D eigenvalue weighted by Crippen LogP contribution is 2.18. The van der Waals surface area contributed by atoms with Crippen LogP contribution in [0.25, 0.3) is 5.69 Å². The average molecular weight is 338 g/mol. The van der Waals surface area contributed by atoms with Gasteiger partial charge in [-0.3, -0.25) is 9.59 Å².